The smallest absolute Gasteiger partial charge is 0.219 e. The second-order valence-electron chi connectivity index (χ2n) is 3.99. The van der Waals surface area contributed by atoms with Gasteiger partial charge in [-0.15, -0.1) is 0 Å². The monoisotopic (exact) mass is 168 g/mol. The molecule has 2 saturated heterocycles. The molecule has 0 aromatic rings. The first kappa shape index (κ1) is 8.05. The summed E-state index contributed by atoms with van der Waals surface area (Å²) in [6.45, 7) is 4.74. The van der Waals surface area contributed by atoms with E-state index in [4.69, 9.17) is 0 Å². The lowest BCUT2D eigenvalue weighted by atomic mass is 10.1. The summed E-state index contributed by atoms with van der Waals surface area (Å²) in [5.74, 6) is 0.943. The number of hydrogen-bond donors (Lipinski definition) is 1. The fourth-order valence-electron chi connectivity index (χ4n) is 2.44. The van der Waals surface area contributed by atoms with Crippen LogP contribution in [0.1, 0.15) is 13.3 Å². The minimum absolute atomic E-state index is 0.220. The Kier molecular flexibility index (Phi) is 1.83. The third-order valence-electron chi connectivity index (χ3n) is 3.25. The van der Waals surface area contributed by atoms with Crippen LogP contribution in [0.3, 0.4) is 0 Å². The molecule has 1 amide bonds. The average Bonchev–Trinajstić information content (AvgIpc) is 2.53. The first-order valence-electron chi connectivity index (χ1n) is 4.61. The quantitative estimate of drug-likeness (QED) is 0.457. The number of amides is 1. The minimum Gasteiger partial charge on any atom is -0.464 e. The van der Waals surface area contributed by atoms with Crippen LogP contribution in [0, 0.1) is 13.0 Å². The lowest BCUT2D eigenvalue weighted by Crippen LogP contribution is -3.09. The fourth-order valence-corrected chi connectivity index (χ4v) is 2.44. The molecule has 2 aliphatic heterocycles. The van der Waals surface area contributed by atoms with Gasteiger partial charge in [0.05, 0.1) is 19.1 Å². The maximum Gasteiger partial charge on any atom is 0.219 e. The summed E-state index contributed by atoms with van der Waals surface area (Å²) >= 11 is 0. The third kappa shape index (κ3) is 1.12. The van der Waals surface area contributed by atoms with Gasteiger partial charge in [-0.3, -0.25) is 4.79 Å². The van der Waals surface area contributed by atoms with E-state index in [-0.39, 0.29) is 5.91 Å². The van der Waals surface area contributed by atoms with E-state index in [0.29, 0.717) is 6.04 Å². The highest BCUT2D eigenvalue weighted by Crippen LogP contribution is 2.21. The van der Waals surface area contributed by atoms with Crippen molar-refractivity contribution in [1.29, 1.82) is 0 Å². The van der Waals surface area contributed by atoms with E-state index in [1.165, 1.54) is 17.9 Å². The third-order valence-corrected chi connectivity index (χ3v) is 3.25. The Balaban J connectivity index is 2.03. The van der Waals surface area contributed by atoms with E-state index in [1.807, 2.05) is 4.90 Å². The van der Waals surface area contributed by atoms with Gasteiger partial charge in [0.15, 0.2) is 0 Å². The van der Waals surface area contributed by atoms with Crippen molar-refractivity contribution in [3.8, 4) is 0 Å². The van der Waals surface area contributed by atoms with Gasteiger partial charge in [-0.1, -0.05) is 0 Å². The fraction of sp³-hybridized carbons (Fsp3) is 0.778. The lowest BCUT2D eigenvalue weighted by molar-refractivity contribution is -0.866. The van der Waals surface area contributed by atoms with Crippen molar-refractivity contribution in [2.75, 3.05) is 19.6 Å². The molecule has 68 valence electrons. The van der Waals surface area contributed by atoms with Gasteiger partial charge in [0.25, 0.3) is 0 Å². The summed E-state index contributed by atoms with van der Waals surface area (Å²) in [4.78, 5) is 14.4. The number of carbonyl (C=O) groups excluding carboxylic acids is 1. The first-order valence-corrected chi connectivity index (χ1v) is 4.61. The minimum atomic E-state index is 0.220. The number of nitrogens with one attached hydrogen (secondary N) is 1. The standard InChI is InChI=1S/C9H16N2O/c1-7(12)11-5-8-3-4-10(2)9(8)6-11/h8-10H,2-6H2,1H3/t8-,9+/m0/s1. The molecule has 0 spiro atoms. The molecule has 3 nitrogen and oxygen atoms in total. The van der Waals surface area contributed by atoms with Crippen molar-refractivity contribution in [2.24, 2.45) is 5.92 Å². The Hall–Kier alpha value is -0.570. The molecule has 2 heterocycles. The molecule has 2 rings (SSSR count). The van der Waals surface area contributed by atoms with Crippen LogP contribution in [-0.4, -0.2) is 36.5 Å². The summed E-state index contributed by atoms with van der Waals surface area (Å²) in [5.41, 5.74) is 0. The van der Waals surface area contributed by atoms with Crippen LogP contribution in [0.15, 0.2) is 0 Å². The maximum atomic E-state index is 11.1. The van der Waals surface area contributed by atoms with Crippen LogP contribution in [0.2, 0.25) is 0 Å². The van der Waals surface area contributed by atoms with Gasteiger partial charge >= 0.3 is 0 Å². The molecule has 3 atom stereocenters. The predicted octanol–water partition coefficient (Wildman–Crippen LogP) is -1.09. The molecule has 0 saturated carbocycles. The molecule has 2 aliphatic rings. The Bertz CT molecular complexity index is 205. The highest BCUT2D eigenvalue weighted by molar-refractivity contribution is 5.73. The summed E-state index contributed by atoms with van der Waals surface area (Å²) < 4.78 is 0. The molecule has 0 aromatic heterocycles. The molecule has 2 fully saturated rings. The second kappa shape index (κ2) is 2.73. The topological polar surface area (TPSA) is 24.8 Å². The Morgan fingerprint density at radius 2 is 2.33 bits per heavy atom. The van der Waals surface area contributed by atoms with Crippen LogP contribution < -0.4 is 4.90 Å². The van der Waals surface area contributed by atoms with E-state index in [1.54, 1.807) is 6.92 Å². The summed E-state index contributed by atoms with van der Waals surface area (Å²) in [6.07, 6.45) is 1.24. The molecule has 1 unspecified atom stereocenters. The first-order chi connectivity index (χ1) is 5.68. The largest absolute Gasteiger partial charge is 0.464 e. The number of carbonyl (C=O) groups is 1. The molecule has 0 radical (unpaired) electrons. The molecule has 3 heteroatoms. The zero-order valence-electron chi connectivity index (χ0n) is 7.55. The molecule has 1 N–H and O–H groups in total. The zero-order valence-corrected chi connectivity index (χ0v) is 7.55. The van der Waals surface area contributed by atoms with Crippen molar-refractivity contribution in [3.05, 3.63) is 7.05 Å². The van der Waals surface area contributed by atoms with E-state index in [2.05, 4.69) is 7.05 Å². The van der Waals surface area contributed by atoms with Crippen LogP contribution in [0.4, 0.5) is 0 Å². The highest BCUT2D eigenvalue weighted by atomic mass is 16.2. The normalized spacial score (nSPS) is 40.2. The average molecular weight is 168 g/mol. The number of rotatable bonds is 0. The Morgan fingerprint density at radius 1 is 1.58 bits per heavy atom. The summed E-state index contributed by atoms with van der Waals surface area (Å²) in [6, 6.07) is 0.619. The van der Waals surface area contributed by atoms with E-state index in [9.17, 15) is 4.79 Å². The van der Waals surface area contributed by atoms with Crippen molar-refractivity contribution < 1.29 is 9.69 Å². The highest BCUT2D eigenvalue weighted by Gasteiger charge is 2.41. The number of fused-ring (bicyclic) bond motifs is 1. The Labute approximate surface area is 73.3 Å². The molecule has 0 aliphatic carbocycles. The Morgan fingerprint density at radius 3 is 2.92 bits per heavy atom. The van der Waals surface area contributed by atoms with Gasteiger partial charge in [-0.25, -0.2) is 0 Å². The molecular weight excluding hydrogens is 152 g/mol. The van der Waals surface area contributed by atoms with Gasteiger partial charge in [0.2, 0.25) is 5.91 Å². The van der Waals surface area contributed by atoms with Crippen LogP contribution in [0.25, 0.3) is 0 Å². The van der Waals surface area contributed by atoms with E-state index in [0.717, 1.165) is 19.0 Å². The second-order valence-corrected chi connectivity index (χ2v) is 3.99. The SMILES string of the molecule is [CH2-][NH+]1CC[C@H]2CN(C(C)=O)C[C@H]21. The molecule has 0 aromatic carbocycles. The lowest BCUT2D eigenvalue weighted by Gasteiger charge is -2.22. The van der Waals surface area contributed by atoms with Gasteiger partial charge in [0, 0.05) is 25.8 Å². The molecule has 12 heavy (non-hydrogen) atoms. The van der Waals surface area contributed by atoms with Crippen molar-refractivity contribution in [3.63, 3.8) is 0 Å². The van der Waals surface area contributed by atoms with E-state index < -0.39 is 0 Å². The summed E-state index contributed by atoms with van der Waals surface area (Å²) in [7, 11) is 4.05. The van der Waals surface area contributed by atoms with Crippen LogP contribution >= 0.6 is 0 Å². The van der Waals surface area contributed by atoms with Crippen LogP contribution in [0.5, 0.6) is 0 Å². The summed E-state index contributed by atoms with van der Waals surface area (Å²) in [5, 5.41) is 0. The zero-order chi connectivity index (χ0) is 8.72. The number of quaternary nitrogens is 1. The molecule has 0 bridgehead atoms. The number of hydrogen-bond acceptors (Lipinski definition) is 1. The van der Waals surface area contributed by atoms with Crippen molar-refractivity contribution in [2.45, 2.75) is 19.4 Å². The number of nitrogens with zero attached hydrogens (tertiary/aromatic N) is 1. The predicted molar refractivity (Wildman–Crippen MR) is 45.3 cm³/mol. The van der Waals surface area contributed by atoms with Gasteiger partial charge in [-0.2, -0.15) is 7.05 Å². The maximum absolute atomic E-state index is 11.1. The van der Waals surface area contributed by atoms with Crippen molar-refractivity contribution in [1.82, 2.24) is 4.90 Å². The molecular formula is C9H16N2O. The number of likely N-dealkylation sites (tertiary alicyclic amines) is 2. The van der Waals surface area contributed by atoms with Gasteiger partial charge in [-0.05, 0) is 0 Å². The van der Waals surface area contributed by atoms with E-state index >= 15 is 0 Å². The van der Waals surface area contributed by atoms with Gasteiger partial charge < -0.3 is 9.80 Å². The van der Waals surface area contributed by atoms with Crippen molar-refractivity contribution >= 4 is 5.91 Å². The van der Waals surface area contributed by atoms with Crippen LogP contribution in [-0.2, 0) is 4.79 Å². The van der Waals surface area contributed by atoms with Gasteiger partial charge in [0.1, 0.15) is 0 Å².